The molecule has 1 saturated heterocycles. The van der Waals surface area contributed by atoms with Crippen LogP contribution in [0.15, 0.2) is 30.5 Å². The second kappa shape index (κ2) is 11.6. The van der Waals surface area contributed by atoms with Crippen LogP contribution in [0.5, 0.6) is 0 Å². The molecule has 33 heavy (non-hydrogen) atoms. The van der Waals surface area contributed by atoms with Crippen LogP contribution in [-0.2, 0) is 9.59 Å². The van der Waals surface area contributed by atoms with E-state index >= 15 is 0 Å². The van der Waals surface area contributed by atoms with E-state index in [-0.39, 0.29) is 17.5 Å². The summed E-state index contributed by atoms with van der Waals surface area (Å²) in [6.45, 7) is 3.43. The molecular formula is C20H21ClF3N5O4. The Morgan fingerprint density at radius 2 is 1.76 bits per heavy atom. The Morgan fingerprint density at radius 1 is 1.12 bits per heavy atom. The van der Waals surface area contributed by atoms with Crippen molar-refractivity contribution in [3.05, 3.63) is 46.9 Å². The number of aromatic nitrogens is 2. The van der Waals surface area contributed by atoms with Crippen LogP contribution in [0, 0.1) is 12.8 Å². The predicted molar refractivity (Wildman–Crippen MR) is 114 cm³/mol. The number of carboxylic acid groups (broad SMARTS) is 1. The van der Waals surface area contributed by atoms with Crippen molar-refractivity contribution in [1.29, 1.82) is 0 Å². The Balaban J connectivity index is 0.000000479. The Hall–Kier alpha value is -3.25. The number of aryl methyl sites for hydroxylation is 1. The second-order valence-electron chi connectivity index (χ2n) is 6.98. The molecule has 0 spiro atoms. The second-order valence-corrected chi connectivity index (χ2v) is 7.42. The van der Waals surface area contributed by atoms with Gasteiger partial charge in [0.15, 0.2) is 5.69 Å². The number of piperidine rings is 1. The average Bonchev–Trinajstić information content (AvgIpc) is 2.77. The van der Waals surface area contributed by atoms with Gasteiger partial charge in [0.25, 0.3) is 5.91 Å². The van der Waals surface area contributed by atoms with Crippen molar-refractivity contribution in [2.45, 2.75) is 25.9 Å². The van der Waals surface area contributed by atoms with Crippen molar-refractivity contribution in [2.75, 3.05) is 23.7 Å². The number of carbonyl (C=O) groups is 3. The van der Waals surface area contributed by atoms with Gasteiger partial charge < -0.3 is 21.1 Å². The maximum atomic E-state index is 12.6. The van der Waals surface area contributed by atoms with E-state index in [4.69, 9.17) is 21.5 Å². The third-order valence-corrected chi connectivity index (χ3v) is 4.65. The highest BCUT2D eigenvalue weighted by molar-refractivity contribution is 6.30. The van der Waals surface area contributed by atoms with Gasteiger partial charge in [0, 0.05) is 17.8 Å². The van der Waals surface area contributed by atoms with Gasteiger partial charge in [-0.15, -0.1) is 0 Å². The molecule has 13 heteroatoms. The summed E-state index contributed by atoms with van der Waals surface area (Å²) in [4.78, 5) is 42.4. The molecule has 0 bridgehead atoms. The van der Waals surface area contributed by atoms with Crippen LogP contribution >= 0.6 is 11.6 Å². The first-order valence-corrected chi connectivity index (χ1v) is 10.1. The largest absolute Gasteiger partial charge is 0.490 e. The molecule has 1 fully saturated rings. The van der Waals surface area contributed by atoms with E-state index in [0.717, 1.165) is 25.9 Å². The zero-order valence-electron chi connectivity index (χ0n) is 17.4. The van der Waals surface area contributed by atoms with Crippen LogP contribution in [0.2, 0.25) is 5.02 Å². The van der Waals surface area contributed by atoms with Gasteiger partial charge in [-0.05, 0) is 57.1 Å². The predicted octanol–water partition coefficient (Wildman–Crippen LogP) is 3.26. The third-order valence-electron chi connectivity index (χ3n) is 4.43. The number of nitrogens with one attached hydrogen (secondary N) is 3. The van der Waals surface area contributed by atoms with Crippen LogP contribution in [0.25, 0.3) is 0 Å². The molecule has 1 aliphatic rings. The number of hydrogen-bond acceptors (Lipinski definition) is 6. The Kier molecular flexibility index (Phi) is 9.12. The van der Waals surface area contributed by atoms with Gasteiger partial charge in [-0.2, -0.15) is 13.2 Å². The lowest BCUT2D eigenvalue weighted by Crippen LogP contribution is -2.35. The standard InChI is InChI=1S/C18H20ClN5O2.C2HF3O2/c1-11-2-4-14(23-17(25)12-6-8-20-9-7-12)16(22-11)18(26)24-15-5-3-13(19)10-21-15;3-2(4,5)1(6)7/h2-5,10,12,20H,6-9H2,1H3,(H,23,25)(H,21,24,26);(H,6,7). The topological polar surface area (TPSA) is 133 Å². The molecule has 4 N–H and O–H groups in total. The number of aliphatic carboxylic acids is 1. The first-order valence-electron chi connectivity index (χ1n) is 9.69. The van der Waals surface area contributed by atoms with Gasteiger partial charge in [-0.25, -0.2) is 14.8 Å². The van der Waals surface area contributed by atoms with Gasteiger partial charge >= 0.3 is 12.1 Å². The fourth-order valence-corrected chi connectivity index (χ4v) is 2.89. The van der Waals surface area contributed by atoms with E-state index in [1.165, 1.54) is 6.20 Å². The van der Waals surface area contributed by atoms with Gasteiger partial charge in [-0.1, -0.05) is 11.6 Å². The summed E-state index contributed by atoms with van der Waals surface area (Å²) >= 11 is 5.80. The monoisotopic (exact) mass is 487 g/mol. The third kappa shape index (κ3) is 8.31. The lowest BCUT2D eigenvalue weighted by molar-refractivity contribution is -0.192. The van der Waals surface area contributed by atoms with Gasteiger partial charge in [0.05, 0.1) is 10.7 Å². The molecule has 0 aliphatic carbocycles. The van der Waals surface area contributed by atoms with Crippen molar-refractivity contribution < 1.29 is 32.7 Å². The number of amides is 2. The van der Waals surface area contributed by atoms with E-state index < -0.39 is 18.1 Å². The highest BCUT2D eigenvalue weighted by atomic mass is 35.5. The number of carbonyl (C=O) groups excluding carboxylic acids is 2. The van der Waals surface area contributed by atoms with Gasteiger partial charge in [-0.3, -0.25) is 9.59 Å². The molecule has 1 aliphatic heterocycles. The zero-order chi connectivity index (χ0) is 24.6. The van der Waals surface area contributed by atoms with Crippen molar-refractivity contribution in [1.82, 2.24) is 15.3 Å². The lowest BCUT2D eigenvalue weighted by atomic mass is 9.97. The number of rotatable bonds is 4. The molecular weight excluding hydrogens is 467 g/mol. The first-order chi connectivity index (χ1) is 15.5. The Labute approximate surface area is 191 Å². The van der Waals surface area contributed by atoms with Crippen molar-refractivity contribution in [3.8, 4) is 0 Å². The highest BCUT2D eigenvalue weighted by Crippen LogP contribution is 2.20. The maximum Gasteiger partial charge on any atom is 0.490 e. The Bertz CT molecular complexity index is 996. The number of anilines is 2. The minimum Gasteiger partial charge on any atom is -0.475 e. The van der Waals surface area contributed by atoms with E-state index in [0.29, 0.717) is 22.2 Å². The minimum atomic E-state index is -5.08. The molecule has 2 aromatic heterocycles. The maximum absolute atomic E-state index is 12.6. The van der Waals surface area contributed by atoms with Crippen LogP contribution in [-0.4, -0.2) is 52.1 Å². The number of alkyl halides is 3. The van der Waals surface area contributed by atoms with Crippen molar-refractivity contribution >= 4 is 40.9 Å². The number of carboxylic acids is 1. The summed E-state index contributed by atoms with van der Waals surface area (Å²) < 4.78 is 31.7. The summed E-state index contributed by atoms with van der Waals surface area (Å²) in [6.07, 6.45) is -2.08. The highest BCUT2D eigenvalue weighted by Gasteiger charge is 2.38. The lowest BCUT2D eigenvalue weighted by Gasteiger charge is -2.22. The normalized spacial score (nSPS) is 14.0. The van der Waals surface area contributed by atoms with Crippen molar-refractivity contribution in [2.24, 2.45) is 5.92 Å². The molecule has 3 heterocycles. The van der Waals surface area contributed by atoms with Crippen LogP contribution in [0.4, 0.5) is 24.7 Å². The fourth-order valence-electron chi connectivity index (χ4n) is 2.77. The summed E-state index contributed by atoms with van der Waals surface area (Å²) in [5, 5.41) is 16.4. The fraction of sp³-hybridized carbons (Fsp3) is 0.350. The molecule has 2 amide bonds. The quantitative estimate of drug-likeness (QED) is 0.520. The van der Waals surface area contributed by atoms with E-state index in [9.17, 15) is 22.8 Å². The molecule has 0 radical (unpaired) electrons. The molecule has 9 nitrogen and oxygen atoms in total. The van der Waals surface area contributed by atoms with E-state index in [1.807, 2.05) is 0 Å². The summed E-state index contributed by atoms with van der Waals surface area (Å²) in [5.41, 5.74) is 1.23. The average molecular weight is 488 g/mol. The van der Waals surface area contributed by atoms with Gasteiger partial charge in [0.1, 0.15) is 5.82 Å². The summed E-state index contributed by atoms with van der Waals surface area (Å²) in [7, 11) is 0. The first kappa shape index (κ1) is 26.0. The molecule has 178 valence electrons. The molecule has 2 aromatic rings. The zero-order valence-corrected chi connectivity index (χ0v) is 18.1. The van der Waals surface area contributed by atoms with Crippen LogP contribution in [0.1, 0.15) is 29.0 Å². The van der Waals surface area contributed by atoms with E-state index in [1.54, 1.807) is 31.2 Å². The number of pyridine rings is 2. The summed E-state index contributed by atoms with van der Waals surface area (Å²) in [5.74, 6) is -2.99. The summed E-state index contributed by atoms with van der Waals surface area (Å²) in [6, 6.07) is 6.69. The molecule has 0 saturated carbocycles. The smallest absolute Gasteiger partial charge is 0.475 e. The van der Waals surface area contributed by atoms with E-state index in [2.05, 4.69) is 25.9 Å². The SMILES string of the molecule is Cc1ccc(NC(=O)C2CCNCC2)c(C(=O)Nc2ccc(Cl)cn2)n1.O=C(O)C(F)(F)F. The number of nitrogens with zero attached hydrogens (tertiary/aromatic N) is 2. The van der Waals surface area contributed by atoms with Crippen molar-refractivity contribution in [3.63, 3.8) is 0 Å². The van der Waals surface area contributed by atoms with Crippen LogP contribution < -0.4 is 16.0 Å². The molecule has 0 atom stereocenters. The molecule has 0 unspecified atom stereocenters. The van der Waals surface area contributed by atoms with Crippen LogP contribution in [0.3, 0.4) is 0 Å². The number of halogens is 4. The molecule has 3 rings (SSSR count). The van der Waals surface area contributed by atoms with Gasteiger partial charge in [0.2, 0.25) is 5.91 Å². The number of hydrogen-bond donors (Lipinski definition) is 4. The minimum absolute atomic E-state index is 0.0635. The molecule has 0 aromatic carbocycles. The Morgan fingerprint density at radius 3 is 2.30 bits per heavy atom.